The fourth-order valence-corrected chi connectivity index (χ4v) is 5.92. The summed E-state index contributed by atoms with van der Waals surface area (Å²) in [6.07, 6.45) is 0. The van der Waals surface area contributed by atoms with Crippen molar-refractivity contribution in [2.45, 2.75) is 18.3 Å². The summed E-state index contributed by atoms with van der Waals surface area (Å²) in [4.78, 5) is 29.1. The molecule has 0 bridgehead atoms. The quantitative estimate of drug-likeness (QED) is 0.572. The number of carbonyl (C=O) groups is 2. The molecule has 2 amide bonds. The number of amides is 2. The Labute approximate surface area is 188 Å². The molecule has 32 heavy (non-hydrogen) atoms. The molecule has 2 heterocycles. The summed E-state index contributed by atoms with van der Waals surface area (Å²) >= 11 is 1.36. The second-order valence-corrected chi connectivity index (χ2v) is 9.22. The van der Waals surface area contributed by atoms with Gasteiger partial charge in [0.2, 0.25) is 0 Å². The van der Waals surface area contributed by atoms with Crippen LogP contribution in [0, 0.1) is 18.6 Å². The minimum atomic E-state index is -1.30. The molecule has 7 heteroatoms. The number of hydrogen-bond acceptors (Lipinski definition) is 3. The van der Waals surface area contributed by atoms with Gasteiger partial charge in [-0.2, -0.15) is 0 Å². The van der Waals surface area contributed by atoms with Crippen LogP contribution in [-0.2, 0) is 16.2 Å². The van der Waals surface area contributed by atoms with Crippen molar-refractivity contribution < 1.29 is 18.4 Å². The van der Waals surface area contributed by atoms with Crippen LogP contribution in [0.1, 0.15) is 27.0 Å². The minimum Gasteiger partial charge on any atom is -0.311 e. The third kappa shape index (κ3) is 3.03. The zero-order chi connectivity index (χ0) is 22.5. The summed E-state index contributed by atoms with van der Waals surface area (Å²) in [7, 11) is 0. The molecule has 1 fully saturated rings. The first-order valence-corrected chi connectivity index (χ1v) is 11.3. The standard InChI is InChI=1S/C25H20F2N2O2S/c1-16-10-11-22-19(14-16)25(24(31)28(22)15-17-6-2-4-8-20(17)26)29(12-13-32-25)23(30)18-7-3-5-9-21(18)27/h2-11,14H,12-13,15H2,1H3. The van der Waals surface area contributed by atoms with Crippen LogP contribution >= 0.6 is 11.8 Å². The SMILES string of the molecule is Cc1ccc2c(c1)C1(SCCN1C(=O)c1ccccc1F)C(=O)N2Cc1ccccc1F. The molecular formula is C25H20F2N2O2S. The van der Waals surface area contributed by atoms with Crippen LogP contribution in [0.3, 0.4) is 0 Å². The van der Waals surface area contributed by atoms with Gasteiger partial charge in [-0.15, -0.1) is 11.8 Å². The van der Waals surface area contributed by atoms with E-state index < -0.39 is 22.4 Å². The van der Waals surface area contributed by atoms with E-state index in [1.807, 2.05) is 25.1 Å². The van der Waals surface area contributed by atoms with Crippen LogP contribution in [0.5, 0.6) is 0 Å². The van der Waals surface area contributed by atoms with Gasteiger partial charge in [0, 0.05) is 23.4 Å². The molecular weight excluding hydrogens is 430 g/mol. The zero-order valence-electron chi connectivity index (χ0n) is 17.3. The predicted octanol–water partition coefficient (Wildman–Crippen LogP) is 4.86. The highest BCUT2D eigenvalue weighted by Gasteiger charge is 2.59. The highest BCUT2D eigenvalue weighted by Crippen LogP contribution is 2.55. The fourth-order valence-electron chi connectivity index (χ4n) is 4.46. The van der Waals surface area contributed by atoms with E-state index in [-0.39, 0.29) is 18.0 Å². The molecule has 1 saturated heterocycles. The Hall–Kier alpha value is -3.19. The number of halogens is 2. The lowest BCUT2D eigenvalue weighted by molar-refractivity contribution is -0.123. The summed E-state index contributed by atoms with van der Waals surface area (Å²) in [5, 5.41) is 0. The molecule has 2 aliphatic rings. The number of rotatable bonds is 3. The molecule has 1 spiro atoms. The van der Waals surface area contributed by atoms with Gasteiger partial charge in [0.1, 0.15) is 11.6 Å². The lowest BCUT2D eigenvalue weighted by Crippen LogP contribution is -2.50. The molecule has 0 radical (unpaired) electrons. The molecule has 1 unspecified atom stereocenters. The highest BCUT2D eigenvalue weighted by atomic mass is 32.2. The first kappa shape index (κ1) is 20.7. The van der Waals surface area contributed by atoms with E-state index in [2.05, 4.69) is 0 Å². The van der Waals surface area contributed by atoms with Gasteiger partial charge in [-0.3, -0.25) is 9.59 Å². The average Bonchev–Trinajstić information content (AvgIpc) is 3.32. The molecule has 0 saturated carbocycles. The Bertz CT molecular complexity index is 1250. The van der Waals surface area contributed by atoms with Gasteiger partial charge in [0.15, 0.2) is 4.87 Å². The van der Waals surface area contributed by atoms with Crippen molar-refractivity contribution in [3.8, 4) is 0 Å². The van der Waals surface area contributed by atoms with Gasteiger partial charge in [-0.1, -0.05) is 48.0 Å². The summed E-state index contributed by atoms with van der Waals surface area (Å²) in [6.45, 7) is 2.27. The zero-order valence-corrected chi connectivity index (χ0v) is 18.2. The van der Waals surface area contributed by atoms with Crippen molar-refractivity contribution in [2.75, 3.05) is 17.2 Å². The van der Waals surface area contributed by atoms with E-state index in [0.29, 0.717) is 29.1 Å². The number of anilines is 1. The number of fused-ring (bicyclic) bond motifs is 2. The number of hydrogen-bond donors (Lipinski definition) is 0. The van der Waals surface area contributed by atoms with Gasteiger partial charge >= 0.3 is 0 Å². The molecule has 1 atom stereocenters. The maximum absolute atomic E-state index is 14.4. The maximum atomic E-state index is 14.4. The second-order valence-electron chi connectivity index (χ2n) is 7.93. The monoisotopic (exact) mass is 450 g/mol. The van der Waals surface area contributed by atoms with Crippen molar-refractivity contribution in [3.05, 3.63) is 101 Å². The van der Waals surface area contributed by atoms with Gasteiger partial charge < -0.3 is 9.80 Å². The van der Waals surface area contributed by atoms with E-state index in [1.165, 1.54) is 45.8 Å². The van der Waals surface area contributed by atoms with Crippen LogP contribution in [0.25, 0.3) is 0 Å². The number of aryl methyl sites for hydroxylation is 1. The summed E-state index contributed by atoms with van der Waals surface area (Å²) in [6, 6.07) is 17.8. The van der Waals surface area contributed by atoms with Gasteiger partial charge in [0.05, 0.1) is 17.8 Å². The number of benzene rings is 3. The third-order valence-corrected chi connectivity index (χ3v) is 7.40. The van der Waals surface area contributed by atoms with Crippen LogP contribution in [0.2, 0.25) is 0 Å². The normalized spacial score (nSPS) is 19.7. The molecule has 2 aliphatic heterocycles. The molecule has 4 nitrogen and oxygen atoms in total. The van der Waals surface area contributed by atoms with E-state index in [9.17, 15) is 18.4 Å². The average molecular weight is 451 g/mol. The smallest absolute Gasteiger partial charge is 0.268 e. The first-order valence-electron chi connectivity index (χ1n) is 10.3. The van der Waals surface area contributed by atoms with Crippen molar-refractivity contribution in [2.24, 2.45) is 0 Å². The van der Waals surface area contributed by atoms with Crippen LogP contribution < -0.4 is 4.90 Å². The van der Waals surface area contributed by atoms with E-state index in [4.69, 9.17) is 0 Å². The number of thioether (sulfide) groups is 1. The fraction of sp³-hybridized carbons (Fsp3) is 0.200. The summed E-state index contributed by atoms with van der Waals surface area (Å²) in [5.74, 6) is -1.32. The largest absolute Gasteiger partial charge is 0.311 e. The molecule has 3 aromatic carbocycles. The summed E-state index contributed by atoms with van der Waals surface area (Å²) in [5.41, 5.74) is 2.59. The van der Waals surface area contributed by atoms with Crippen LogP contribution in [0.15, 0.2) is 66.7 Å². The van der Waals surface area contributed by atoms with Crippen molar-refractivity contribution >= 4 is 29.3 Å². The van der Waals surface area contributed by atoms with Gasteiger partial charge in [-0.05, 0) is 31.2 Å². The molecule has 0 aliphatic carbocycles. The Kier molecular flexibility index (Phi) is 5.01. The molecule has 5 rings (SSSR count). The Balaban J connectivity index is 1.63. The van der Waals surface area contributed by atoms with Crippen LogP contribution in [-0.4, -0.2) is 29.0 Å². The van der Waals surface area contributed by atoms with Crippen molar-refractivity contribution in [1.82, 2.24) is 4.90 Å². The lowest BCUT2D eigenvalue weighted by atomic mass is 10.0. The summed E-state index contributed by atoms with van der Waals surface area (Å²) < 4.78 is 28.8. The number of carbonyl (C=O) groups excluding carboxylic acids is 2. The Morgan fingerprint density at radius 2 is 1.75 bits per heavy atom. The predicted molar refractivity (Wildman–Crippen MR) is 120 cm³/mol. The van der Waals surface area contributed by atoms with Crippen molar-refractivity contribution in [1.29, 1.82) is 0 Å². The molecule has 0 N–H and O–H groups in total. The van der Waals surface area contributed by atoms with Crippen LogP contribution in [0.4, 0.5) is 14.5 Å². The topological polar surface area (TPSA) is 40.6 Å². The van der Waals surface area contributed by atoms with Crippen molar-refractivity contribution in [3.63, 3.8) is 0 Å². The van der Waals surface area contributed by atoms with E-state index in [0.717, 1.165) is 5.56 Å². The Morgan fingerprint density at radius 3 is 2.50 bits per heavy atom. The number of nitrogens with zero attached hydrogens (tertiary/aromatic N) is 2. The maximum Gasteiger partial charge on any atom is 0.268 e. The minimum absolute atomic E-state index is 0.0472. The highest BCUT2D eigenvalue weighted by molar-refractivity contribution is 8.01. The first-order chi connectivity index (χ1) is 15.4. The Morgan fingerprint density at radius 1 is 1.03 bits per heavy atom. The molecule has 3 aromatic rings. The lowest BCUT2D eigenvalue weighted by Gasteiger charge is -2.33. The van der Waals surface area contributed by atoms with Gasteiger partial charge in [-0.25, -0.2) is 8.78 Å². The van der Waals surface area contributed by atoms with Gasteiger partial charge in [0.25, 0.3) is 11.8 Å². The molecule has 162 valence electrons. The third-order valence-electron chi connectivity index (χ3n) is 5.98. The van der Waals surface area contributed by atoms with E-state index >= 15 is 0 Å². The second kappa shape index (κ2) is 7.74. The van der Waals surface area contributed by atoms with E-state index in [1.54, 1.807) is 24.3 Å². The molecule has 0 aromatic heterocycles.